The fourth-order valence-corrected chi connectivity index (χ4v) is 2.19. The maximum absolute atomic E-state index is 3.33. The van der Waals surface area contributed by atoms with Crippen LogP contribution in [-0.2, 0) is 0 Å². The molecule has 0 heterocycles. The molecule has 2 unspecified atom stereocenters. The lowest BCUT2D eigenvalue weighted by Gasteiger charge is -2.19. The summed E-state index contributed by atoms with van der Waals surface area (Å²) in [5.41, 5.74) is 0. The molecule has 0 saturated carbocycles. The van der Waals surface area contributed by atoms with Crippen LogP contribution in [0.3, 0.4) is 0 Å². The fraction of sp³-hybridized carbons (Fsp3) is 1.00. The molecular formula is C10H23NS. The van der Waals surface area contributed by atoms with Gasteiger partial charge >= 0.3 is 0 Å². The highest BCUT2D eigenvalue weighted by molar-refractivity contribution is 7.99. The second-order valence-corrected chi connectivity index (χ2v) is 5.09. The van der Waals surface area contributed by atoms with Gasteiger partial charge in [0.25, 0.3) is 0 Å². The lowest BCUT2D eigenvalue weighted by Crippen LogP contribution is -2.27. The molecule has 2 atom stereocenters. The average molecular weight is 189 g/mol. The smallest absolute Gasteiger partial charge is 0.0152 e. The van der Waals surface area contributed by atoms with Crippen molar-refractivity contribution in [2.24, 2.45) is 5.92 Å². The molecule has 0 aliphatic heterocycles. The Hall–Kier alpha value is 0.310. The lowest BCUT2D eigenvalue weighted by atomic mass is 10.2. The molecule has 0 aliphatic rings. The van der Waals surface area contributed by atoms with E-state index in [2.05, 4.69) is 51.8 Å². The standard InChI is InChI=1S/C10H23NS/c1-6-10(11-5)7-12-9(4)8(2)3/h8-11H,6-7H2,1-5H3. The van der Waals surface area contributed by atoms with E-state index >= 15 is 0 Å². The molecule has 2 heteroatoms. The topological polar surface area (TPSA) is 12.0 Å². The fourth-order valence-electron chi connectivity index (χ4n) is 0.866. The van der Waals surface area contributed by atoms with Gasteiger partial charge in [-0.2, -0.15) is 11.8 Å². The molecule has 0 aromatic carbocycles. The molecule has 0 radical (unpaired) electrons. The minimum Gasteiger partial charge on any atom is -0.316 e. The highest BCUT2D eigenvalue weighted by Gasteiger charge is 2.10. The Balaban J connectivity index is 3.51. The third-order valence-corrected chi connectivity index (χ3v) is 4.07. The third kappa shape index (κ3) is 5.04. The maximum atomic E-state index is 3.33. The Labute approximate surface area is 81.7 Å². The molecule has 0 bridgehead atoms. The number of nitrogens with one attached hydrogen (secondary N) is 1. The van der Waals surface area contributed by atoms with E-state index < -0.39 is 0 Å². The number of hydrogen-bond donors (Lipinski definition) is 1. The van der Waals surface area contributed by atoms with Crippen molar-refractivity contribution in [1.29, 1.82) is 0 Å². The summed E-state index contributed by atoms with van der Waals surface area (Å²) in [6.45, 7) is 9.13. The van der Waals surface area contributed by atoms with Gasteiger partial charge in [0.05, 0.1) is 0 Å². The highest BCUT2D eigenvalue weighted by Crippen LogP contribution is 2.19. The van der Waals surface area contributed by atoms with Crippen molar-refractivity contribution < 1.29 is 0 Å². The van der Waals surface area contributed by atoms with Crippen LogP contribution >= 0.6 is 11.8 Å². The Kier molecular flexibility index (Phi) is 6.96. The number of thioether (sulfide) groups is 1. The van der Waals surface area contributed by atoms with E-state index in [1.807, 2.05) is 0 Å². The first-order valence-corrected chi connectivity index (χ1v) is 5.95. The summed E-state index contributed by atoms with van der Waals surface area (Å²) in [4.78, 5) is 0. The predicted molar refractivity (Wildman–Crippen MR) is 59.9 cm³/mol. The SMILES string of the molecule is CCC(CSC(C)C(C)C)NC. The molecule has 1 N–H and O–H groups in total. The molecule has 0 amide bonds. The van der Waals surface area contributed by atoms with Gasteiger partial charge in [-0.3, -0.25) is 0 Å². The molecule has 0 rings (SSSR count). The minimum atomic E-state index is 0.691. The van der Waals surface area contributed by atoms with E-state index in [0.29, 0.717) is 6.04 Å². The summed E-state index contributed by atoms with van der Waals surface area (Å²) >= 11 is 2.08. The second-order valence-electron chi connectivity index (χ2n) is 3.68. The van der Waals surface area contributed by atoms with E-state index in [0.717, 1.165) is 11.2 Å². The van der Waals surface area contributed by atoms with Crippen molar-refractivity contribution in [2.45, 2.75) is 45.4 Å². The van der Waals surface area contributed by atoms with Gasteiger partial charge in [0.15, 0.2) is 0 Å². The van der Waals surface area contributed by atoms with Gasteiger partial charge in [-0.05, 0) is 19.4 Å². The molecule has 0 spiro atoms. The average Bonchev–Trinajstić information content (AvgIpc) is 2.05. The van der Waals surface area contributed by atoms with Gasteiger partial charge in [0.2, 0.25) is 0 Å². The molecule has 0 fully saturated rings. The molecule has 12 heavy (non-hydrogen) atoms. The molecule has 1 nitrogen and oxygen atoms in total. The van der Waals surface area contributed by atoms with Gasteiger partial charge in [-0.25, -0.2) is 0 Å². The summed E-state index contributed by atoms with van der Waals surface area (Å²) in [6, 6.07) is 0.691. The van der Waals surface area contributed by atoms with Crippen LogP contribution in [0.5, 0.6) is 0 Å². The van der Waals surface area contributed by atoms with Crippen molar-refractivity contribution in [3.63, 3.8) is 0 Å². The normalized spacial score (nSPS) is 16.5. The zero-order valence-electron chi connectivity index (χ0n) is 9.05. The zero-order chi connectivity index (χ0) is 9.56. The van der Waals surface area contributed by atoms with Crippen molar-refractivity contribution in [3.05, 3.63) is 0 Å². The molecule has 0 saturated heterocycles. The number of hydrogen-bond acceptors (Lipinski definition) is 2. The Bertz CT molecular complexity index is 98.0. The van der Waals surface area contributed by atoms with Gasteiger partial charge in [-0.1, -0.05) is 27.7 Å². The van der Waals surface area contributed by atoms with Crippen LogP contribution in [0.1, 0.15) is 34.1 Å². The monoisotopic (exact) mass is 189 g/mol. The molecule has 0 aromatic heterocycles. The third-order valence-electron chi connectivity index (χ3n) is 2.40. The van der Waals surface area contributed by atoms with Crippen molar-refractivity contribution in [1.82, 2.24) is 5.32 Å². The van der Waals surface area contributed by atoms with E-state index in [-0.39, 0.29) is 0 Å². The largest absolute Gasteiger partial charge is 0.316 e. The van der Waals surface area contributed by atoms with Crippen molar-refractivity contribution in [3.8, 4) is 0 Å². The Morgan fingerprint density at radius 3 is 2.17 bits per heavy atom. The van der Waals surface area contributed by atoms with Crippen LogP contribution in [0.2, 0.25) is 0 Å². The molecule has 0 aromatic rings. The minimum absolute atomic E-state index is 0.691. The first-order chi connectivity index (χ1) is 5.61. The maximum Gasteiger partial charge on any atom is 0.0152 e. The predicted octanol–water partition coefficient (Wildman–Crippen LogP) is 2.76. The van der Waals surface area contributed by atoms with E-state index in [9.17, 15) is 0 Å². The Morgan fingerprint density at radius 2 is 1.83 bits per heavy atom. The van der Waals surface area contributed by atoms with Crippen LogP contribution in [0, 0.1) is 5.92 Å². The van der Waals surface area contributed by atoms with E-state index in [1.165, 1.54) is 12.2 Å². The highest BCUT2D eigenvalue weighted by atomic mass is 32.2. The van der Waals surface area contributed by atoms with Crippen LogP contribution < -0.4 is 5.32 Å². The second kappa shape index (κ2) is 6.79. The van der Waals surface area contributed by atoms with E-state index in [4.69, 9.17) is 0 Å². The summed E-state index contributed by atoms with van der Waals surface area (Å²) in [6.07, 6.45) is 1.23. The molecule has 74 valence electrons. The van der Waals surface area contributed by atoms with Crippen LogP contribution in [0.4, 0.5) is 0 Å². The van der Waals surface area contributed by atoms with Crippen LogP contribution in [-0.4, -0.2) is 24.1 Å². The lowest BCUT2D eigenvalue weighted by molar-refractivity contribution is 0.594. The van der Waals surface area contributed by atoms with Gasteiger partial charge in [-0.15, -0.1) is 0 Å². The van der Waals surface area contributed by atoms with Crippen LogP contribution in [0.25, 0.3) is 0 Å². The van der Waals surface area contributed by atoms with Crippen molar-refractivity contribution >= 4 is 11.8 Å². The Morgan fingerprint density at radius 1 is 1.25 bits per heavy atom. The summed E-state index contributed by atoms with van der Waals surface area (Å²) in [7, 11) is 2.05. The quantitative estimate of drug-likeness (QED) is 0.689. The molecule has 0 aliphatic carbocycles. The van der Waals surface area contributed by atoms with Gasteiger partial charge < -0.3 is 5.32 Å². The van der Waals surface area contributed by atoms with Crippen LogP contribution in [0.15, 0.2) is 0 Å². The first-order valence-electron chi connectivity index (χ1n) is 4.90. The van der Waals surface area contributed by atoms with Gasteiger partial charge in [0, 0.05) is 17.0 Å². The van der Waals surface area contributed by atoms with E-state index in [1.54, 1.807) is 0 Å². The summed E-state index contributed by atoms with van der Waals surface area (Å²) in [5, 5.41) is 4.11. The summed E-state index contributed by atoms with van der Waals surface area (Å²) < 4.78 is 0. The van der Waals surface area contributed by atoms with Crippen molar-refractivity contribution in [2.75, 3.05) is 12.8 Å². The number of rotatable bonds is 6. The van der Waals surface area contributed by atoms with Gasteiger partial charge in [0.1, 0.15) is 0 Å². The summed E-state index contributed by atoms with van der Waals surface area (Å²) in [5.74, 6) is 2.04. The first kappa shape index (κ1) is 12.3. The zero-order valence-corrected chi connectivity index (χ0v) is 9.87. The molecular weight excluding hydrogens is 166 g/mol.